The molecule has 0 saturated heterocycles. The van der Waals surface area contributed by atoms with Crippen molar-refractivity contribution in [2.45, 2.75) is 32.6 Å². The molecule has 1 rings (SSSR count). The molecule has 0 aromatic heterocycles. The van der Waals surface area contributed by atoms with Crippen LogP contribution in [-0.4, -0.2) is 13.7 Å². The Morgan fingerprint density at radius 3 is 2.30 bits per heavy atom. The van der Waals surface area contributed by atoms with Gasteiger partial charge in [0.05, 0.1) is 0 Å². The average molecular weight is 142 g/mol. The minimum Gasteiger partial charge on any atom is -0.384 e. The van der Waals surface area contributed by atoms with Crippen LogP contribution in [0.5, 0.6) is 0 Å². The number of hydrogen-bond donors (Lipinski definition) is 0. The quantitative estimate of drug-likeness (QED) is 0.575. The van der Waals surface area contributed by atoms with E-state index >= 15 is 0 Å². The van der Waals surface area contributed by atoms with Crippen LogP contribution >= 0.6 is 0 Å². The number of rotatable bonds is 2. The Bertz CT molecular complexity index is 82.7. The van der Waals surface area contributed by atoms with Gasteiger partial charge in [-0.15, -0.1) is 0 Å². The van der Waals surface area contributed by atoms with E-state index in [0.29, 0.717) is 0 Å². The summed E-state index contributed by atoms with van der Waals surface area (Å²) in [5.41, 5.74) is 0. The van der Waals surface area contributed by atoms with Crippen LogP contribution in [0, 0.1) is 11.8 Å². The standard InChI is InChI=1S/C9H18O/c1-8-3-5-9(6-4-8)7-10-2/h8-9H,3-7H2,1-2H3. The molecule has 0 atom stereocenters. The Morgan fingerprint density at radius 1 is 1.20 bits per heavy atom. The Morgan fingerprint density at radius 2 is 1.80 bits per heavy atom. The van der Waals surface area contributed by atoms with E-state index < -0.39 is 0 Å². The molecule has 60 valence electrons. The van der Waals surface area contributed by atoms with Crippen LogP contribution in [0.4, 0.5) is 0 Å². The third-order valence-electron chi connectivity index (χ3n) is 2.54. The van der Waals surface area contributed by atoms with Gasteiger partial charge in [0.15, 0.2) is 0 Å². The van der Waals surface area contributed by atoms with Crippen molar-refractivity contribution in [3.63, 3.8) is 0 Å². The Hall–Kier alpha value is -0.0400. The summed E-state index contributed by atoms with van der Waals surface area (Å²) in [6, 6.07) is 0. The highest BCUT2D eigenvalue weighted by Gasteiger charge is 2.17. The first-order chi connectivity index (χ1) is 4.83. The van der Waals surface area contributed by atoms with Gasteiger partial charge in [-0.2, -0.15) is 0 Å². The molecule has 1 nitrogen and oxygen atoms in total. The van der Waals surface area contributed by atoms with Crippen molar-refractivity contribution < 1.29 is 4.74 Å². The largest absolute Gasteiger partial charge is 0.384 e. The van der Waals surface area contributed by atoms with Crippen molar-refractivity contribution in [2.24, 2.45) is 11.8 Å². The maximum atomic E-state index is 5.12. The predicted molar refractivity (Wildman–Crippen MR) is 43.0 cm³/mol. The zero-order chi connectivity index (χ0) is 7.40. The number of hydrogen-bond acceptors (Lipinski definition) is 1. The van der Waals surface area contributed by atoms with Gasteiger partial charge in [0, 0.05) is 13.7 Å². The van der Waals surface area contributed by atoms with Gasteiger partial charge in [0.2, 0.25) is 0 Å². The van der Waals surface area contributed by atoms with Crippen LogP contribution in [0.25, 0.3) is 0 Å². The van der Waals surface area contributed by atoms with Crippen LogP contribution in [0.3, 0.4) is 0 Å². The lowest BCUT2D eigenvalue weighted by molar-refractivity contribution is 0.121. The van der Waals surface area contributed by atoms with Crippen molar-refractivity contribution >= 4 is 0 Å². The zero-order valence-corrected chi connectivity index (χ0v) is 7.10. The fraction of sp³-hybridized carbons (Fsp3) is 1.00. The smallest absolute Gasteiger partial charge is 0.0490 e. The summed E-state index contributed by atoms with van der Waals surface area (Å²) in [4.78, 5) is 0. The van der Waals surface area contributed by atoms with Crippen LogP contribution < -0.4 is 0 Å². The highest BCUT2D eigenvalue weighted by molar-refractivity contribution is 4.69. The summed E-state index contributed by atoms with van der Waals surface area (Å²) >= 11 is 0. The molecule has 0 heterocycles. The first kappa shape index (κ1) is 8.06. The summed E-state index contributed by atoms with van der Waals surface area (Å²) < 4.78 is 5.12. The monoisotopic (exact) mass is 142 g/mol. The van der Waals surface area contributed by atoms with E-state index in [-0.39, 0.29) is 0 Å². The molecule has 1 saturated carbocycles. The van der Waals surface area contributed by atoms with E-state index in [4.69, 9.17) is 4.74 Å². The first-order valence-electron chi connectivity index (χ1n) is 4.32. The van der Waals surface area contributed by atoms with E-state index in [1.807, 2.05) is 0 Å². The van der Waals surface area contributed by atoms with Gasteiger partial charge in [-0.3, -0.25) is 0 Å². The molecular weight excluding hydrogens is 124 g/mol. The van der Waals surface area contributed by atoms with Crippen LogP contribution in [0.15, 0.2) is 0 Å². The Labute approximate surface area is 63.8 Å². The van der Waals surface area contributed by atoms with Gasteiger partial charge in [-0.05, 0) is 24.7 Å². The fourth-order valence-electron chi connectivity index (χ4n) is 1.73. The Balaban J connectivity index is 2.13. The molecule has 0 bridgehead atoms. The summed E-state index contributed by atoms with van der Waals surface area (Å²) in [6.45, 7) is 3.33. The average Bonchev–Trinajstić information content (AvgIpc) is 1.95. The highest BCUT2D eigenvalue weighted by Crippen LogP contribution is 2.27. The topological polar surface area (TPSA) is 9.23 Å². The van der Waals surface area contributed by atoms with E-state index in [0.717, 1.165) is 18.4 Å². The molecule has 0 aromatic rings. The molecule has 1 aliphatic carbocycles. The highest BCUT2D eigenvalue weighted by atomic mass is 16.5. The molecule has 0 N–H and O–H groups in total. The van der Waals surface area contributed by atoms with Gasteiger partial charge < -0.3 is 4.74 Å². The van der Waals surface area contributed by atoms with E-state index in [1.165, 1.54) is 25.7 Å². The van der Waals surface area contributed by atoms with Crippen molar-refractivity contribution in [3.8, 4) is 0 Å². The van der Waals surface area contributed by atoms with Crippen molar-refractivity contribution in [1.82, 2.24) is 0 Å². The molecule has 0 radical (unpaired) electrons. The minimum atomic E-state index is 0.862. The lowest BCUT2D eigenvalue weighted by Gasteiger charge is -2.25. The lowest BCUT2D eigenvalue weighted by Crippen LogP contribution is -2.16. The molecule has 0 aromatic carbocycles. The summed E-state index contributed by atoms with van der Waals surface area (Å²) in [5, 5.41) is 0. The molecular formula is C9H18O. The lowest BCUT2D eigenvalue weighted by atomic mass is 9.83. The SMILES string of the molecule is COCC1CCC(C)CC1. The molecule has 1 heteroatoms. The molecule has 1 aliphatic rings. The normalized spacial score (nSPS) is 34.2. The summed E-state index contributed by atoms with van der Waals surface area (Å²) in [7, 11) is 1.80. The van der Waals surface area contributed by atoms with Crippen LogP contribution in [0.2, 0.25) is 0 Å². The molecule has 0 amide bonds. The van der Waals surface area contributed by atoms with E-state index in [1.54, 1.807) is 7.11 Å². The molecule has 0 spiro atoms. The van der Waals surface area contributed by atoms with Crippen LogP contribution in [-0.2, 0) is 4.74 Å². The van der Waals surface area contributed by atoms with Gasteiger partial charge in [0.25, 0.3) is 0 Å². The van der Waals surface area contributed by atoms with E-state index in [9.17, 15) is 0 Å². The summed E-state index contributed by atoms with van der Waals surface area (Å²) in [5.74, 6) is 1.83. The second-order valence-electron chi connectivity index (χ2n) is 3.58. The van der Waals surface area contributed by atoms with Crippen molar-refractivity contribution in [3.05, 3.63) is 0 Å². The molecule has 10 heavy (non-hydrogen) atoms. The van der Waals surface area contributed by atoms with Crippen molar-refractivity contribution in [2.75, 3.05) is 13.7 Å². The Kier molecular flexibility index (Phi) is 3.20. The third kappa shape index (κ3) is 2.30. The van der Waals surface area contributed by atoms with Gasteiger partial charge in [0.1, 0.15) is 0 Å². The second kappa shape index (κ2) is 3.97. The molecule has 0 unspecified atom stereocenters. The number of methoxy groups -OCH3 is 1. The fourth-order valence-corrected chi connectivity index (χ4v) is 1.73. The predicted octanol–water partition coefficient (Wildman–Crippen LogP) is 2.46. The minimum absolute atomic E-state index is 0.862. The molecule has 1 fully saturated rings. The summed E-state index contributed by atoms with van der Waals surface area (Å²) in [6.07, 6.45) is 5.59. The van der Waals surface area contributed by atoms with Gasteiger partial charge in [-0.25, -0.2) is 0 Å². The first-order valence-corrected chi connectivity index (χ1v) is 4.32. The van der Waals surface area contributed by atoms with Crippen molar-refractivity contribution in [1.29, 1.82) is 0 Å². The van der Waals surface area contributed by atoms with Gasteiger partial charge in [-0.1, -0.05) is 19.8 Å². The number of ether oxygens (including phenoxy) is 1. The zero-order valence-electron chi connectivity index (χ0n) is 7.10. The molecule has 0 aliphatic heterocycles. The maximum Gasteiger partial charge on any atom is 0.0490 e. The van der Waals surface area contributed by atoms with Gasteiger partial charge >= 0.3 is 0 Å². The maximum absolute atomic E-state index is 5.12. The second-order valence-corrected chi connectivity index (χ2v) is 3.58. The van der Waals surface area contributed by atoms with E-state index in [2.05, 4.69) is 6.92 Å². The third-order valence-corrected chi connectivity index (χ3v) is 2.54. The van der Waals surface area contributed by atoms with Crippen LogP contribution in [0.1, 0.15) is 32.6 Å².